The fourth-order valence-corrected chi connectivity index (χ4v) is 5.61. The van der Waals surface area contributed by atoms with E-state index < -0.39 is 9.84 Å². The van der Waals surface area contributed by atoms with Crippen molar-refractivity contribution in [1.29, 1.82) is 0 Å². The van der Waals surface area contributed by atoms with Crippen LogP contribution in [0.15, 0.2) is 30.3 Å². The zero-order valence-corrected chi connectivity index (χ0v) is 15.1. The van der Waals surface area contributed by atoms with Crippen molar-refractivity contribution in [2.45, 2.75) is 32.2 Å². The van der Waals surface area contributed by atoms with E-state index in [4.69, 9.17) is 0 Å². The molecule has 0 aliphatic carbocycles. The highest BCUT2D eigenvalue weighted by molar-refractivity contribution is 7.91. The Morgan fingerprint density at radius 1 is 1.33 bits per heavy atom. The zero-order valence-electron chi connectivity index (χ0n) is 13.5. The van der Waals surface area contributed by atoms with Gasteiger partial charge < -0.3 is 5.32 Å². The van der Waals surface area contributed by atoms with Crippen molar-refractivity contribution < 1.29 is 13.2 Å². The van der Waals surface area contributed by atoms with Gasteiger partial charge in [-0.3, -0.25) is 4.79 Å². The van der Waals surface area contributed by atoms with Gasteiger partial charge in [0.2, 0.25) is 5.91 Å². The fraction of sp³-hybridized carbons (Fsp3) is 0.412. The molecule has 0 radical (unpaired) electrons. The van der Waals surface area contributed by atoms with Crippen molar-refractivity contribution in [3.63, 3.8) is 0 Å². The maximum atomic E-state index is 12.2. The molecule has 2 aromatic rings. The summed E-state index contributed by atoms with van der Waals surface area (Å²) in [7, 11) is -2.98. The van der Waals surface area contributed by atoms with Gasteiger partial charge in [-0.25, -0.2) is 13.4 Å². The summed E-state index contributed by atoms with van der Waals surface area (Å²) in [5, 5.41) is 3.82. The number of nitrogens with zero attached hydrogens (tertiary/aromatic N) is 1. The predicted octanol–water partition coefficient (Wildman–Crippen LogP) is 1.89. The minimum atomic E-state index is -2.98. The Morgan fingerprint density at radius 2 is 2.08 bits per heavy atom. The van der Waals surface area contributed by atoms with Gasteiger partial charge in [-0.05, 0) is 18.9 Å². The third-order valence-corrected chi connectivity index (χ3v) is 6.98. The summed E-state index contributed by atoms with van der Waals surface area (Å²) < 4.78 is 22.9. The average molecular weight is 364 g/mol. The van der Waals surface area contributed by atoms with Crippen LogP contribution in [0.2, 0.25) is 0 Å². The van der Waals surface area contributed by atoms with Gasteiger partial charge in [0, 0.05) is 17.3 Å². The Balaban J connectivity index is 1.60. The number of amides is 1. The molecule has 1 fully saturated rings. The van der Waals surface area contributed by atoms with E-state index in [1.165, 1.54) is 5.56 Å². The quantitative estimate of drug-likeness (QED) is 0.879. The van der Waals surface area contributed by atoms with Crippen LogP contribution >= 0.6 is 11.3 Å². The Labute approximate surface area is 146 Å². The lowest BCUT2D eigenvalue weighted by Gasteiger charge is -2.10. The summed E-state index contributed by atoms with van der Waals surface area (Å²) in [6, 6.07) is 9.85. The number of hydrogen-bond acceptors (Lipinski definition) is 5. The van der Waals surface area contributed by atoms with Gasteiger partial charge >= 0.3 is 0 Å². The monoisotopic (exact) mass is 364 g/mol. The number of carbonyl (C=O) groups is 1. The van der Waals surface area contributed by atoms with E-state index in [-0.39, 0.29) is 29.9 Å². The van der Waals surface area contributed by atoms with Crippen molar-refractivity contribution in [1.82, 2.24) is 10.3 Å². The number of rotatable bonds is 5. The lowest BCUT2D eigenvalue weighted by Crippen LogP contribution is -2.36. The number of thiazole rings is 1. The Bertz CT molecular complexity index is 829. The first-order chi connectivity index (χ1) is 11.4. The Hall–Kier alpha value is -1.73. The Kier molecular flexibility index (Phi) is 5.01. The summed E-state index contributed by atoms with van der Waals surface area (Å²) in [6.45, 7) is 1.91. The maximum absolute atomic E-state index is 12.2. The molecule has 1 atom stereocenters. The highest BCUT2D eigenvalue weighted by Gasteiger charge is 2.29. The molecule has 1 N–H and O–H groups in total. The SMILES string of the molecule is Cc1nc(Cc2ccccc2)sc1CC(=O)NC1CCS(=O)(=O)C1. The molecule has 1 aliphatic rings. The van der Waals surface area contributed by atoms with E-state index in [2.05, 4.69) is 22.4 Å². The average Bonchev–Trinajstić information content (AvgIpc) is 3.02. The predicted molar refractivity (Wildman–Crippen MR) is 95.0 cm³/mol. The topological polar surface area (TPSA) is 76.1 Å². The van der Waals surface area contributed by atoms with Gasteiger partial charge in [0.1, 0.15) is 0 Å². The molecular formula is C17H20N2O3S2. The smallest absolute Gasteiger partial charge is 0.225 e. The number of nitrogens with one attached hydrogen (secondary N) is 1. The van der Waals surface area contributed by atoms with E-state index in [0.29, 0.717) is 6.42 Å². The van der Waals surface area contributed by atoms with E-state index >= 15 is 0 Å². The van der Waals surface area contributed by atoms with Gasteiger partial charge in [-0.15, -0.1) is 11.3 Å². The molecule has 1 saturated heterocycles. The maximum Gasteiger partial charge on any atom is 0.225 e. The summed E-state index contributed by atoms with van der Waals surface area (Å²) in [5.74, 6) is 0.0911. The minimum Gasteiger partial charge on any atom is -0.352 e. The molecule has 128 valence electrons. The van der Waals surface area contributed by atoms with E-state index in [1.807, 2.05) is 25.1 Å². The van der Waals surface area contributed by atoms with Crippen LogP contribution in [-0.4, -0.2) is 36.9 Å². The van der Waals surface area contributed by atoms with Crippen LogP contribution < -0.4 is 5.32 Å². The summed E-state index contributed by atoms with van der Waals surface area (Å²) in [6.07, 6.45) is 1.53. The molecule has 0 bridgehead atoms. The number of aromatic nitrogens is 1. The molecule has 3 rings (SSSR count). The second-order valence-electron chi connectivity index (χ2n) is 6.12. The van der Waals surface area contributed by atoms with Crippen LogP contribution in [0.3, 0.4) is 0 Å². The normalized spacial score (nSPS) is 19.3. The first-order valence-electron chi connectivity index (χ1n) is 7.90. The van der Waals surface area contributed by atoms with Crippen molar-refractivity contribution in [3.8, 4) is 0 Å². The van der Waals surface area contributed by atoms with E-state index in [1.54, 1.807) is 11.3 Å². The zero-order chi connectivity index (χ0) is 17.2. The fourth-order valence-electron chi connectivity index (χ4n) is 2.83. The largest absolute Gasteiger partial charge is 0.352 e. The third kappa shape index (κ3) is 4.42. The van der Waals surface area contributed by atoms with E-state index in [0.717, 1.165) is 22.0 Å². The van der Waals surface area contributed by atoms with Gasteiger partial charge in [-0.2, -0.15) is 0 Å². The standard InChI is InChI=1S/C17H20N2O3S2/c1-12-15(10-16(20)19-14-7-8-24(21,22)11-14)23-17(18-12)9-13-5-3-2-4-6-13/h2-6,14H,7-11H2,1H3,(H,19,20). The van der Waals surface area contributed by atoms with E-state index in [9.17, 15) is 13.2 Å². The van der Waals surface area contributed by atoms with Crippen LogP contribution in [0.1, 0.15) is 27.6 Å². The van der Waals surface area contributed by atoms with Crippen molar-refractivity contribution in [2.24, 2.45) is 0 Å². The molecule has 1 amide bonds. The third-order valence-electron chi connectivity index (χ3n) is 4.05. The molecule has 1 unspecified atom stereocenters. The second-order valence-corrected chi connectivity index (χ2v) is 9.52. The lowest BCUT2D eigenvalue weighted by atomic mass is 10.2. The Morgan fingerprint density at radius 3 is 2.75 bits per heavy atom. The highest BCUT2D eigenvalue weighted by atomic mass is 32.2. The lowest BCUT2D eigenvalue weighted by molar-refractivity contribution is -0.120. The van der Waals surface area contributed by atoms with Crippen molar-refractivity contribution >= 4 is 27.1 Å². The van der Waals surface area contributed by atoms with Crippen LogP contribution in [0.4, 0.5) is 0 Å². The molecule has 0 spiro atoms. The second kappa shape index (κ2) is 7.03. The summed E-state index contributed by atoms with van der Waals surface area (Å²) >= 11 is 1.55. The van der Waals surface area contributed by atoms with Gasteiger partial charge in [0.05, 0.1) is 28.6 Å². The van der Waals surface area contributed by atoms with Crippen molar-refractivity contribution in [3.05, 3.63) is 51.5 Å². The van der Waals surface area contributed by atoms with Crippen LogP contribution in [-0.2, 0) is 27.5 Å². The van der Waals surface area contributed by atoms with Gasteiger partial charge in [0.25, 0.3) is 0 Å². The molecule has 1 aromatic carbocycles. The number of sulfone groups is 1. The molecule has 1 aliphatic heterocycles. The number of hydrogen-bond donors (Lipinski definition) is 1. The first kappa shape index (κ1) is 17.1. The van der Waals surface area contributed by atoms with Gasteiger partial charge in [-0.1, -0.05) is 30.3 Å². The number of carbonyl (C=O) groups excluding carboxylic acids is 1. The summed E-state index contributed by atoms with van der Waals surface area (Å²) in [4.78, 5) is 17.7. The highest BCUT2D eigenvalue weighted by Crippen LogP contribution is 2.21. The van der Waals surface area contributed by atoms with Crippen LogP contribution in [0, 0.1) is 6.92 Å². The summed E-state index contributed by atoms with van der Waals surface area (Å²) in [5.41, 5.74) is 2.07. The molecular weight excluding hydrogens is 344 g/mol. The number of benzene rings is 1. The number of aryl methyl sites for hydroxylation is 1. The first-order valence-corrected chi connectivity index (χ1v) is 10.5. The molecule has 1 aromatic heterocycles. The molecule has 0 saturated carbocycles. The van der Waals surface area contributed by atoms with Crippen molar-refractivity contribution in [2.75, 3.05) is 11.5 Å². The van der Waals surface area contributed by atoms with Crippen LogP contribution in [0.5, 0.6) is 0 Å². The molecule has 7 heteroatoms. The molecule has 5 nitrogen and oxygen atoms in total. The van der Waals surface area contributed by atoms with Gasteiger partial charge in [0.15, 0.2) is 9.84 Å². The molecule has 2 heterocycles. The molecule has 24 heavy (non-hydrogen) atoms. The minimum absolute atomic E-state index is 0.0552. The van der Waals surface area contributed by atoms with Crippen LogP contribution in [0.25, 0.3) is 0 Å².